The molecule has 0 radical (unpaired) electrons. The molecule has 1 aromatic carbocycles. The summed E-state index contributed by atoms with van der Waals surface area (Å²) in [4.78, 5) is 11.0. The van der Waals surface area contributed by atoms with Gasteiger partial charge in [-0.25, -0.2) is 4.79 Å². The van der Waals surface area contributed by atoms with Crippen molar-refractivity contribution in [3.05, 3.63) is 23.2 Å². The fourth-order valence-corrected chi connectivity index (χ4v) is 1.28. The molecule has 0 aliphatic carbocycles. The predicted octanol–water partition coefficient (Wildman–Crippen LogP) is 2.62. The average molecular weight is 244 g/mol. The number of carbonyl (C=O) groups is 1. The molecule has 1 aromatic rings. The lowest BCUT2D eigenvalue weighted by molar-refractivity contribution is -0.141. The number of methoxy groups -OCH3 is 1. The molecule has 0 aliphatic rings. The molecule has 0 atom stereocenters. The molecular formula is C11H14ClNO3. The van der Waals surface area contributed by atoms with E-state index in [0.29, 0.717) is 16.5 Å². The highest BCUT2D eigenvalue weighted by Gasteiger charge is 2.27. The van der Waals surface area contributed by atoms with Gasteiger partial charge < -0.3 is 15.2 Å². The third-order valence-corrected chi connectivity index (χ3v) is 2.48. The third kappa shape index (κ3) is 2.79. The summed E-state index contributed by atoms with van der Waals surface area (Å²) < 4.78 is 5.04. The van der Waals surface area contributed by atoms with E-state index in [1.807, 2.05) is 0 Å². The summed E-state index contributed by atoms with van der Waals surface area (Å²) >= 11 is 5.95. The number of aliphatic carboxylic acids is 1. The Labute approximate surface area is 99.2 Å². The van der Waals surface area contributed by atoms with Gasteiger partial charge in [0.05, 0.1) is 17.8 Å². The highest BCUT2D eigenvalue weighted by Crippen LogP contribution is 2.29. The van der Waals surface area contributed by atoms with Crippen LogP contribution in [0.15, 0.2) is 18.2 Å². The van der Waals surface area contributed by atoms with Gasteiger partial charge >= 0.3 is 5.97 Å². The van der Waals surface area contributed by atoms with Gasteiger partial charge in [0.25, 0.3) is 0 Å². The molecule has 0 fully saturated rings. The maximum atomic E-state index is 11.0. The predicted molar refractivity (Wildman–Crippen MR) is 63.3 cm³/mol. The van der Waals surface area contributed by atoms with Crippen molar-refractivity contribution in [1.82, 2.24) is 0 Å². The zero-order chi connectivity index (χ0) is 12.3. The summed E-state index contributed by atoms with van der Waals surface area (Å²) in [6, 6.07) is 5.02. The van der Waals surface area contributed by atoms with Gasteiger partial charge in [-0.05, 0) is 26.0 Å². The molecule has 0 aliphatic heterocycles. The van der Waals surface area contributed by atoms with Crippen molar-refractivity contribution >= 4 is 23.3 Å². The minimum absolute atomic E-state index is 0.454. The summed E-state index contributed by atoms with van der Waals surface area (Å²) in [6.45, 7) is 3.12. The Hall–Kier alpha value is -1.42. The highest BCUT2D eigenvalue weighted by atomic mass is 35.5. The van der Waals surface area contributed by atoms with Gasteiger partial charge in [0.15, 0.2) is 0 Å². The summed E-state index contributed by atoms with van der Waals surface area (Å²) in [5.41, 5.74) is -0.552. The number of halogens is 1. The van der Waals surface area contributed by atoms with Crippen LogP contribution in [-0.2, 0) is 4.79 Å². The summed E-state index contributed by atoms with van der Waals surface area (Å²) in [5.74, 6) is -0.334. The number of hydrogen-bond acceptors (Lipinski definition) is 3. The first-order valence-electron chi connectivity index (χ1n) is 4.72. The van der Waals surface area contributed by atoms with Crippen molar-refractivity contribution in [3.8, 4) is 5.75 Å². The minimum Gasteiger partial charge on any atom is -0.497 e. The van der Waals surface area contributed by atoms with Gasteiger partial charge in [-0.15, -0.1) is 0 Å². The third-order valence-electron chi connectivity index (χ3n) is 2.16. The largest absolute Gasteiger partial charge is 0.497 e. The molecule has 2 N–H and O–H groups in total. The van der Waals surface area contributed by atoms with Crippen molar-refractivity contribution in [2.75, 3.05) is 12.4 Å². The van der Waals surface area contributed by atoms with Crippen LogP contribution in [0.25, 0.3) is 0 Å². The normalized spacial score (nSPS) is 11.0. The summed E-state index contributed by atoms with van der Waals surface area (Å²) in [6.07, 6.45) is 0. The van der Waals surface area contributed by atoms with Gasteiger partial charge in [0.1, 0.15) is 11.3 Å². The lowest BCUT2D eigenvalue weighted by Gasteiger charge is -2.23. The number of hydrogen-bond donors (Lipinski definition) is 2. The highest BCUT2D eigenvalue weighted by molar-refractivity contribution is 6.33. The first-order chi connectivity index (χ1) is 7.36. The molecule has 0 heterocycles. The van der Waals surface area contributed by atoms with Crippen LogP contribution in [0.2, 0.25) is 5.02 Å². The smallest absolute Gasteiger partial charge is 0.328 e. The SMILES string of the molecule is COc1ccc(Cl)c(NC(C)(C)C(=O)O)c1. The molecule has 0 saturated carbocycles. The Bertz CT molecular complexity index is 404. The zero-order valence-corrected chi connectivity index (χ0v) is 10.1. The van der Waals surface area contributed by atoms with E-state index < -0.39 is 11.5 Å². The first-order valence-corrected chi connectivity index (χ1v) is 5.10. The second kappa shape index (κ2) is 4.61. The van der Waals surface area contributed by atoms with Gasteiger partial charge in [-0.3, -0.25) is 0 Å². The molecule has 88 valence electrons. The van der Waals surface area contributed by atoms with E-state index in [0.717, 1.165) is 0 Å². The maximum absolute atomic E-state index is 11.0. The number of benzene rings is 1. The molecule has 0 amide bonds. The van der Waals surface area contributed by atoms with Crippen molar-refractivity contribution in [1.29, 1.82) is 0 Å². The van der Waals surface area contributed by atoms with Crippen molar-refractivity contribution < 1.29 is 14.6 Å². The Kier molecular flexibility index (Phi) is 3.65. The number of rotatable bonds is 4. The average Bonchev–Trinajstić information content (AvgIpc) is 2.21. The Morgan fingerprint density at radius 2 is 2.12 bits per heavy atom. The monoisotopic (exact) mass is 243 g/mol. The fourth-order valence-electron chi connectivity index (χ4n) is 1.12. The van der Waals surface area contributed by atoms with E-state index >= 15 is 0 Å². The molecule has 16 heavy (non-hydrogen) atoms. The number of carboxylic acid groups (broad SMARTS) is 1. The second-order valence-corrected chi connectivity index (χ2v) is 4.31. The topological polar surface area (TPSA) is 58.6 Å². The summed E-state index contributed by atoms with van der Waals surface area (Å²) in [5, 5.41) is 12.3. The van der Waals surface area contributed by atoms with E-state index in [1.54, 1.807) is 32.0 Å². The minimum atomic E-state index is -1.09. The van der Waals surface area contributed by atoms with Crippen LogP contribution in [0.4, 0.5) is 5.69 Å². The van der Waals surface area contributed by atoms with Crippen LogP contribution in [0, 0.1) is 0 Å². The molecule has 1 rings (SSSR count). The van der Waals surface area contributed by atoms with Crippen LogP contribution >= 0.6 is 11.6 Å². The Balaban J connectivity index is 3.00. The molecule has 4 nitrogen and oxygen atoms in total. The van der Waals surface area contributed by atoms with Crippen LogP contribution in [0.3, 0.4) is 0 Å². The lowest BCUT2D eigenvalue weighted by Crippen LogP contribution is -2.40. The molecular weight excluding hydrogens is 230 g/mol. The van der Waals surface area contributed by atoms with Gasteiger partial charge in [-0.2, -0.15) is 0 Å². The molecule has 0 saturated heterocycles. The van der Waals surface area contributed by atoms with Gasteiger partial charge in [0.2, 0.25) is 0 Å². The number of carboxylic acids is 1. The van der Waals surface area contributed by atoms with E-state index in [1.165, 1.54) is 7.11 Å². The number of nitrogens with one attached hydrogen (secondary N) is 1. The van der Waals surface area contributed by atoms with Crippen LogP contribution in [0.5, 0.6) is 5.75 Å². The zero-order valence-electron chi connectivity index (χ0n) is 9.37. The Morgan fingerprint density at radius 3 is 2.62 bits per heavy atom. The van der Waals surface area contributed by atoms with Crippen molar-refractivity contribution in [3.63, 3.8) is 0 Å². The lowest BCUT2D eigenvalue weighted by atomic mass is 10.1. The summed E-state index contributed by atoms with van der Waals surface area (Å²) in [7, 11) is 1.54. The van der Waals surface area contributed by atoms with Gasteiger partial charge in [-0.1, -0.05) is 11.6 Å². The molecule has 0 spiro atoms. The number of ether oxygens (including phenoxy) is 1. The fraction of sp³-hybridized carbons (Fsp3) is 0.364. The van der Waals surface area contributed by atoms with E-state index in [4.69, 9.17) is 21.4 Å². The van der Waals surface area contributed by atoms with Crippen LogP contribution < -0.4 is 10.1 Å². The molecule has 0 aromatic heterocycles. The second-order valence-electron chi connectivity index (χ2n) is 3.90. The van der Waals surface area contributed by atoms with Crippen molar-refractivity contribution in [2.45, 2.75) is 19.4 Å². The van der Waals surface area contributed by atoms with Crippen LogP contribution in [-0.4, -0.2) is 23.7 Å². The molecule has 5 heteroatoms. The van der Waals surface area contributed by atoms with Crippen LogP contribution in [0.1, 0.15) is 13.8 Å². The van der Waals surface area contributed by atoms with E-state index in [-0.39, 0.29) is 0 Å². The maximum Gasteiger partial charge on any atom is 0.328 e. The van der Waals surface area contributed by atoms with E-state index in [2.05, 4.69) is 5.32 Å². The van der Waals surface area contributed by atoms with Gasteiger partial charge in [0, 0.05) is 6.07 Å². The quantitative estimate of drug-likeness (QED) is 0.854. The standard InChI is InChI=1S/C11H14ClNO3/c1-11(2,10(14)15)13-9-6-7(16-3)4-5-8(9)12/h4-6,13H,1-3H3,(H,14,15). The number of anilines is 1. The van der Waals surface area contributed by atoms with E-state index in [9.17, 15) is 4.79 Å². The Morgan fingerprint density at radius 1 is 1.50 bits per heavy atom. The van der Waals surface area contributed by atoms with Crippen molar-refractivity contribution in [2.24, 2.45) is 0 Å². The first kappa shape index (κ1) is 12.6. The molecule has 0 unspecified atom stereocenters. The molecule has 0 bridgehead atoms.